The van der Waals surface area contributed by atoms with Gasteiger partial charge in [0.15, 0.2) is 6.61 Å². The van der Waals surface area contributed by atoms with E-state index in [1.54, 1.807) is 6.92 Å². The van der Waals surface area contributed by atoms with Gasteiger partial charge in [0.1, 0.15) is 0 Å². The summed E-state index contributed by atoms with van der Waals surface area (Å²) in [6.45, 7) is 4.12. The molecule has 0 fully saturated rings. The van der Waals surface area contributed by atoms with Crippen molar-refractivity contribution in [1.82, 2.24) is 4.98 Å². The third-order valence-corrected chi connectivity index (χ3v) is 1.33. The van der Waals surface area contributed by atoms with Crippen LogP contribution in [-0.4, -0.2) is 11.6 Å². The van der Waals surface area contributed by atoms with Crippen LogP contribution in [0.1, 0.15) is 12.6 Å². The summed E-state index contributed by atoms with van der Waals surface area (Å²) in [5.41, 5.74) is 0.956. The first kappa shape index (κ1) is 8.61. The molecule has 0 aliphatic rings. The average Bonchev–Trinajstić information content (AvgIpc) is 2.05. The lowest BCUT2D eigenvalue weighted by molar-refractivity contribution is 0.354. The van der Waals surface area contributed by atoms with Crippen LogP contribution >= 0.6 is 0 Å². The van der Waals surface area contributed by atoms with E-state index >= 15 is 0 Å². The topological polar surface area (TPSA) is 22.1 Å². The maximum atomic E-state index is 5.24. The molecule has 1 aromatic heterocycles. The highest BCUT2D eigenvalue weighted by Gasteiger charge is 1.91. The van der Waals surface area contributed by atoms with Crippen LogP contribution in [0.2, 0.25) is 0 Å². The summed E-state index contributed by atoms with van der Waals surface area (Å²) in [5, 5.41) is 0. The quantitative estimate of drug-likeness (QED) is 0.617. The fraction of sp³-hybridized carbons (Fsp3) is 0.300. The summed E-state index contributed by atoms with van der Waals surface area (Å²) in [5.74, 6) is 6.19. The zero-order chi connectivity index (χ0) is 8.81. The van der Waals surface area contributed by atoms with Crippen molar-refractivity contribution in [2.75, 3.05) is 6.61 Å². The molecule has 1 heterocycles. The minimum atomic E-state index is 0.410. The highest BCUT2D eigenvalue weighted by molar-refractivity contribution is 5.15. The fourth-order valence-electron chi connectivity index (χ4n) is 0.781. The number of ether oxygens (including phenoxy) is 1. The molecule has 0 radical (unpaired) electrons. The van der Waals surface area contributed by atoms with Crippen molar-refractivity contribution in [1.29, 1.82) is 0 Å². The molecule has 0 saturated carbocycles. The van der Waals surface area contributed by atoms with Gasteiger partial charge in [-0.2, -0.15) is 0 Å². The Hall–Kier alpha value is -1.49. The predicted molar refractivity (Wildman–Crippen MR) is 47.9 cm³/mol. The number of nitrogens with zero attached hydrogens (tertiary/aromatic N) is 1. The van der Waals surface area contributed by atoms with Crippen LogP contribution in [-0.2, 0) is 0 Å². The molecule has 0 spiro atoms. The molecule has 0 bridgehead atoms. The van der Waals surface area contributed by atoms with E-state index in [0.29, 0.717) is 12.5 Å². The molecule has 0 aromatic carbocycles. The Bertz CT molecular complexity index is 309. The van der Waals surface area contributed by atoms with Crippen molar-refractivity contribution in [3.63, 3.8) is 0 Å². The normalized spacial score (nSPS) is 8.50. The number of aryl methyl sites for hydroxylation is 1. The predicted octanol–water partition coefficient (Wildman–Crippen LogP) is 1.79. The Morgan fingerprint density at radius 3 is 3.00 bits per heavy atom. The molecule has 1 rings (SSSR count). The van der Waals surface area contributed by atoms with Crippen molar-refractivity contribution in [3.8, 4) is 17.7 Å². The molecule has 0 amide bonds. The van der Waals surface area contributed by atoms with Gasteiger partial charge in [-0.25, -0.2) is 4.98 Å². The Morgan fingerprint density at radius 2 is 2.33 bits per heavy atom. The summed E-state index contributed by atoms with van der Waals surface area (Å²) < 4.78 is 5.24. The maximum Gasteiger partial charge on any atom is 0.214 e. The van der Waals surface area contributed by atoms with E-state index in [9.17, 15) is 0 Å². The van der Waals surface area contributed by atoms with E-state index in [4.69, 9.17) is 4.74 Å². The van der Waals surface area contributed by atoms with E-state index < -0.39 is 0 Å². The fourth-order valence-corrected chi connectivity index (χ4v) is 0.781. The SMILES string of the molecule is CC#CCOc1cccc(C)n1. The lowest BCUT2D eigenvalue weighted by Crippen LogP contribution is -1.96. The van der Waals surface area contributed by atoms with Gasteiger partial charge in [0.05, 0.1) is 0 Å². The molecule has 0 aliphatic heterocycles. The number of hydrogen-bond donors (Lipinski definition) is 0. The summed E-state index contributed by atoms with van der Waals surface area (Å²) >= 11 is 0. The average molecular weight is 161 g/mol. The summed E-state index contributed by atoms with van der Waals surface area (Å²) in [4.78, 5) is 4.15. The van der Waals surface area contributed by atoms with Crippen molar-refractivity contribution in [3.05, 3.63) is 23.9 Å². The lowest BCUT2D eigenvalue weighted by Gasteiger charge is -2.00. The molecule has 12 heavy (non-hydrogen) atoms. The van der Waals surface area contributed by atoms with Gasteiger partial charge in [-0.1, -0.05) is 12.0 Å². The molecular weight excluding hydrogens is 150 g/mol. The zero-order valence-electron chi connectivity index (χ0n) is 7.29. The number of hydrogen-bond acceptors (Lipinski definition) is 2. The molecule has 2 heteroatoms. The number of rotatable bonds is 2. The van der Waals surface area contributed by atoms with E-state index in [2.05, 4.69) is 16.8 Å². The number of pyridine rings is 1. The Balaban J connectivity index is 2.55. The molecule has 0 N–H and O–H groups in total. The molecule has 0 unspecified atom stereocenters. The van der Waals surface area contributed by atoms with Gasteiger partial charge >= 0.3 is 0 Å². The van der Waals surface area contributed by atoms with Gasteiger partial charge in [-0.05, 0) is 19.9 Å². The van der Waals surface area contributed by atoms with Crippen molar-refractivity contribution in [2.24, 2.45) is 0 Å². The van der Waals surface area contributed by atoms with E-state index in [-0.39, 0.29) is 0 Å². The lowest BCUT2D eigenvalue weighted by atomic mass is 10.4. The largest absolute Gasteiger partial charge is 0.464 e. The van der Waals surface area contributed by atoms with E-state index in [1.807, 2.05) is 25.1 Å². The third kappa shape index (κ3) is 2.63. The standard InChI is InChI=1S/C10H11NO/c1-3-4-8-12-10-7-5-6-9(2)11-10/h5-7H,8H2,1-2H3. The second-order valence-corrected chi connectivity index (χ2v) is 2.33. The minimum absolute atomic E-state index is 0.410. The van der Waals surface area contributed by atoms with Gasteiger partial charge in [0, 0.05) is 11.8 Å². The van der Waals surface area contributed by atoms with Crippen LogP contribution in [0.4, 0.5) is 0 Å². The smallest absolute Gasteiger partial charge is 0.214 e. The number of aromatic nitrogens is 1. The summed E-state index contributed by atoms with van der Waals surface area (Å²) in [7, 11) is 0. The summed E-state index contributed by atoms with van der Waals surface area (Å²) in [6, 6.07) is 5.67. The summed E-state index contributed by atoms with van der Waals surface area (Å²) in [6.07, 6.45) is 0. The Morgan fingerprint density at radius 1 is 1.50 bits per heavy atom. The van der Waals surface area contributed by atoms with Crippen molar-refractivity contribution in [2.45, 2.75) is 13.8 Å². The van der Waals surface area contributed by atoms with Crippen LogP contribution in [0.25, 0.3) is 0 Å². The zero-order valence-corrected chi connectivity index (χ0v) is 7.29. The van der Waals surface area contributed by atoms with Gasteiger partial charge in [-0.15, -0.1) is 5.92 Å². The maximum absolute atomic E-state index is 5.24. The van der Waals surface area contributed by atoms with Gasteiger partial charge < -0.3 is 4.74 Å². The molecule has 0 atom stereocenters. The van der Waals surface area contributed by atoms with Crippen LogP contribution in [0.5, 0.6) is 5.88 Å². The molecule has 2 nitrogen and oxygen atoms in total. The van der Waals surface area contributed by atoms with E-state index in [1.165, 1.54) is 0 Å². The first-order valence-corrected chi connectivity index (χ1v) is 3.79. The van der Waals surface area contributed by atoms with Gasteiger partial charge in [0.2, 0.25) is 5.88 Å². The molecule has 1 aromatic rings. The van der Waals surface area contributed by atoms with Crippen molar-refractivity contribution >= 4 is 0 Å². The van der Waals surface area contributed by atoms with Crippen LogP contribution in [0, 0.1) is 18.8 Å². The Kier molecular flexibility index (Phi) is 3.16. The third-order valence-electron chi connectivity index (χ3n) is 1.33. The molecule has 0 aliphatic carbocycles. The second-order valence-electron chi connectivity index (χ2n) is 2.33. The first-order chi connectivity index (χ1) is 5.83. The van der Waals surface area contributed by atoms with Gasteiger partial charge in [-0.3, -0.25) is 0 Å². The highest BCUT2D eigenvalue weighted by atomic mass is 16.5. The van der Waals surface area contributed by atoms with Crippen LogP contribution in [0.15, 0.2) is 18.2 Å². The van der Waals surface area contributed by atoms with Crippen LogP contribution in [0.3, 0.4) is 0 Å². The minimum Gasteiger partial charge on any atom is -0.464 e. The Labute approximate surface area is 72.6 Å². The molecule has 0 saturated heterocycles. The molecular formula is C10H11NO. The van der Waals surface area contributed by atoms with Crippen molar-refractivity contribution < 1.29 is 4.74 Å². The highest BCUT2D eigenvalue weighted by Crippen LogP contribution is 2.05. The monoisotopic (exact) mass is 161 g/mol. The van der Waals surface area contributed by atoms with E-state index in [0.717, 1.165) is 5.69 Å². The molecule has 62 valence electrons. The van der Waals surface area contributed by atoms with Crippen LogP contribution < -0.4 is 4.74 Å². The van der Waals surface area contributed by atoms with Gasteiger partial charge in [0.25, 0.3) is 0 Å². The first-order valence-electron chi connectivity index (χ1n) is 3.79. The second kappa shape index (κ2) is 4.40.